The van der Waals surface area contributed by atoms with Crippen LogP contribution in [-0.4, -0.2) is 98.8 Å². The predicted molar refractivity (Wildman–Crippen MR) is 151 cm³/mol. The van der Waals surface area contributed by atoms with Crippen molar-refractivity contribution in [3.05, 3.63) is 34.5 Å². The first kappa shape index (κ1) is 29.5. The van der Waals surface area contributed by atoms with Crippen LogP contribution in [-0.2, 0) is 30.6 Å². The number of fused-ring (bicyclic) bond motifs is 1. The van der Waals surface area contributed by atoms with Crippen molar-refractivity contribution in [2.24, 2.45) is 5.16 Å². The Balaban J connectivity index is 1.28. The molecule has 19 heteroatoms. The standard InChI is InChI=1S/C23H25N9O7S3/c24-22-25-13(10-41-22)15(28-39-12-4-2-1-3-5-12)18(35)26-16-19(36)32-17(21(37)38)11(8-40-20(16)32)9-42-23-27-29-30-31(23)7-6-14(33)34/h2,4,10,12,16,20H,1,3,5-9H2,(H2,24,25)(H,26,35)(H,33,34)(H,37,38)/t12?,16?,20-/m1/s1. The first-order valence-corrected chi connectivity index (χ1v) is 15.6. The van der Waals surface area contributed by atoms with E-state index in [-0.39, 0.29) is 52.8 Å². The smallest absolute Gasteiger partial charge is 0.352 e. The number of oxime groups is 1. The number of nitrogens with one attached hydrogen (secondary N) is 1. The van der Waals surface area contributed by atoms with Gasteiger partial charge in [-0.05, 0) is 41.3 Å². The number of hydrogen-bond acceptors (Lipinski definition) is 14. The topological polar surface area (TPSA) is 228 Å². The van der Waals surface area contributed by atoms with E-state index in [2.05, 4.69) is 31.0 Å². The van der Waals surface area contributed by atoms with Crippen molar-refractivity contribution in [1.29, 1.82) is 0 Å². The van der Waals surface area contributed by atoms with E-state index < -0.39 is 35.2 Å². The maximum absolute atomic E-state index is 13.3. The lowest BCUT2D eigenvalue weighted by molar-refractivity contribution is -0.150. The number of aryl methyl sites for hydroxylation is 1. The number of rotatable bonds is 12. The first-order valence-electron chi connectivity index (χ1n) is 12.7. The van der Waals surface area contributed by atoms with Gasteiger partial charge in [0.15, 0.2) is 10.8 Å². The number of carboxylic acids is 2. The lowest BCUT2D eigenvalue weighted by Gasteiger charge is -2.49. The van der Waals surface area contributed by atoms with Crippen LogP contribution in [0.25, 0.3) is 0 Å². The molecule has 5 N–H and O–H groups in total. The van der Waals surface area contributed by atoms with Gasteiger partial charge in [-0.25, -0.2) is 14.5 Å². The summed E-state index contributed by atoms with van der Waals surface area (Å²) >= 11 is 3.56. The summed E-state index contributed by atoms with van der Waals surface area (Å²) in [5.41, 5.74) is 6.12. The number of nitrogens with zero attached hydrogens (tertiary/aromatic N) is 7. The van der Waals surface area contributed by atoms with Gasteiger partial charge in [0.05, 0.1) is 13.0 Å². The average molecular weight is 636 g/mol. The molecular formula is C23H25N9O7S3. The number of carbonyl (C=O) groups excluding carboxylic acids is 2. The Bertz CT molecular complexity index is 1490. The van der Waals surface area contributed by atoms with E-state index in [9.17, 15) is 24.3 Å². The number of tetrazole rings is 1. The molecule has 16 nitrogen and oxygen atoms in total. The third-order valence-corrected chi connectivity index (χ3v) is 9.47. The number of allylic oxidation sites excluding steroid dienone is 1. The Kier molecular flexibility index (Phi) is 9.07. The third-order valence-electron chi connectivity index (χ3n) is 6.42. The lowest BCUT2D eigenvalue weighted by Crippen LogP contribution is -2.71. The van der Waals surface area contributed by atoms with Gasteiger partial charge in [-0.3, -0.25) is 19.3 Å². The minimum Gasteiger partial charge on any atom is -0.481 e. The van der Waals surface area contributed by atoms with Crippen molar-refractivity contribution in [2.75, 3.05) is 17.2 Å². The fourth-order valence-electron chi connectivity index (χ4n) is 4.39. The van der Waals surface area contributed by atoms with E-state index in [4.69, 9.17) is 15.7 Å². The van der Waals surface area contributed by atoms with E-state index in [0.29, 0.717) is 10.7 Å². The molecule has 3 aliphatic rings. The summed E-state index contributed by atoms with van der Waals surface area (Å²) in [5, 5.41) is 38.3. The van der Waals surface area contributed by atoms with Gasteiger partial charge >= 0.3 is 11.9 Å². The molecule has 5 rings (SSSR count). The van der Waals surface area contributed by atoms with Gasteiger partial charge in [0.2, 0.25) is 5.16 Å². The van der Waals surface area contributed by atoms with Gasteiger partial charge in [0.25, 0.3) is 11.8 Å². The summed E-state index contributed by atoms with van der Waals surface area (Å²) in [6.07, 6.45) is 5.98. The Labute approximate surface area is 250 Å². The molecule has 2 aliphatic heterocycles. The largest absolute Gasteiger partial charge is 0.481 e. The van der Waals surface area contributed by atoms with Gasteiger partial charge in [-0.1, -0.05) is 23.0 Å². The van der Waals surface area contributed by atoms with Crippen molar-refractivity contribution in [2.45, 2.75) is 54.9 Å². The van der Waals surface area contributed by atoms with Gasteiger partial charge in [0, 0.05) is 16.9 Å². The molecule has 2 aromatic rings. The molecule has 2 unspecified atom stereocenters. The monoisotopic (exact) mass is 635 g/mol. The van der Waals surface area contributed by atoms with Gasteiger partial charge in [0.1, 0.15) is 28.9 Å². The second kappa shape index (κ2) is 12.9. The number of thioether (sulfide) groups is 2. The molecule has 2 amide bonds. The molecule has 1 aliphatic carbocycles. The number of nitrogens with two attached hydrogens (primary N) is 1. The zero-order valence-corrected chi connectivity index (χ0v) is 24.2. The highest BCUT2D eigenvalue weighted by Crippen LogP contribution is 2.41. The van der Waals surface area contributed by atoms with Crippen LogP contribution >= 0.6 is 34.9 Å². The number of hydrogen-bond donors (Lipinski definition) is 4. The number of aliphatic carboxylic acids is 2. The number of aromatic nitrogens is 5. The molecule has 1 saturated heterocycles. The molecule has 0 saturated carbocycles. The number of anilines is 1. The highest BCUT2D eigenvalue weighted by atomic mass is 32.2. The number of nitrogen functional groups attached to an aromatic ring is 1. The van der Waals surface area contributed by atoms with E-state index in [1.807, 2.05) is 12.2 Å². The number of amides is 2. The van der Waals surface area contributed by atoms with E-state index >= 15 is 0 Å². The van der Waals surface area contributed by atoms with Crippen molar-refractivity contribution < 1.29 is 34.2 Å². The molecule has 0 spiro atoms. The Hall–Kier alpha value is -3.97. The minimum absolute atomic E-state index is 0.0551. The van der Waals surface area contributed by atoms with Crippen LogP contribution in [0.1, 0.15) is 31.4 Å². The highest BCUT2D eigenvalue weighted by molar-refractivity contribution is 8.01. The average Bonchev–Trinajstić information content (AvgIpc) is 3.62. The maximum atomic E-state index is 13.3. The number of thiazole rings is 1. The van der Waals surface area contributed by atoms with Crippen molar-refractivity contribution in [3.63, 3.8) is 0 Å². The summed E-state index contributed by atoms with van der Waals surface area (Å²) in [6.45, 7) is 0.0551. The Morgan fingerprint density at radius 1 is 1.31 bits per heavy atom. The molecular weight excluding hydrogens is 611 g/mol. The predicted octanol–water partition coefficient (Wildman–Crippen LogP) is 0.547. The fourth-order valence-corrected chi connectivity index (χ4v) is 7.32. The summed E-state index contributed by atoms with van der Waals surface area (Å²) in [4.78, 5) is 60.5. The molecule has 1 fully saturated rings. The lowest BCUT2D eigenvalue weighted by atomic mass is 10.0. The fraction of sp³-hybridized carbons (Fsp3) is 0.435. The second-order valence-corrected chi connectivity index (χ2v) is 12.2. The molecule has 2 aromatic heterocycles. The van der Waals surface area contributed by atoms with Gasteiger partial charge < -0.3 is 26.1 Å². The van der Waals surface area contributed by atoms with Crippen LogP contribution in [0, 0.1) is 0 Å². The number of carbonyl (C=O) groups is 4. The van der Waals surface area contributed by atoms with Crippen molar-refractivity contribution in [3.8, 4) is 0 Å². The van der Waals surface area contributed by atoms with Crippen LogP contribution in [0.2, 0.25) is 0 Å². The molecule has 0 aromatic carbocycles. The van der Waals surface area contributed by atoms with Gasteiger partial charge in [-0.2, -0.15) is 0 Å². The quantitative estimate of drug-likeness (QED) is 0.0821. The molecule has 4 heterocycles. The van der Waals surface area contributed by atoms with E-state index in [0.717, 1.165) is 47.3 Å². The molecule has 222 valence electrons. The molecule has 42 heavy (non-hydrogen) atoms. The number of β-lactam (4-membered cyclic amide) rings is 1. The van der Waals surface area contributed by atoms with Gasteiger partial charge in [-0.15, -0.1) is 28.2 Å². The normalized spacial score (nSPS) is 22.0. The van der Waals surface area contributed by atoms with Crippen molar-refractivity contribution in [1.82, 2.24) is 35.4 Å². The minimum atomic E-state index is -1.28. The van der Waals surface area contributed by atoms with E-state index in [1.54, 1.807) is 5.38 Å². The van der Waals surface area contributed by atoms with Crippen LogP contribution in [0.3, 0.4) is 0 Å². The van der Waals surface area contributed by atoms with Crippen LogP contribution in [0.15, 0.2) is 39.1 Å². The molecule has 3 atom stereocenters. The number of carboxylic acid groups (broad SMARTS) is 2. The Morgan fingerprint density at radius 3 is 2.83 bits per heavy atom. The third kappa shape index (κ3) is 6.41. The summed E-state index contributed by atoms with van der Waals surface area (Å²) in [5.74, 6) is -3.15. The molecule has 0 radical (unpaired) electrons. The zero-order chi connectivity index (χ0) is 29.8. The molecule has 0 bridgehead atoms. The van der Waals surface area contributed by atoms with Crippen molar-refractivity contribution >= 4 is 69.5 Å². The summed E-state index contributed by atoms with van der Waals surface area (Å²) in [7, 11) is 0. The highest BCUT2D eigenvalue weighted by Gasteiger charge is 2.54. The van der Waals surface area contributed by atoms with Crippen LogP contribution < -0.4 is 11.1 Å². The van der Waals surface area contributed by atoms with Crippen LogP contribution in [0.5, 0.6) is 0 Å². The summed E-state index contributed by atoms with van der Waals surface area (Å²) in [6, 6.07) is -0.995. The zero-order valence-electron chi connectivity index (χ0n) is 21.8. The first-order chi connectivity index (χ1) is 20.2. The summed E-state index contributed by atoms with van der Waals surface area (Å²) < 4.78 is 1.32. The SMILES string of the molecule is Nc1nc(C(=NOC2C=CCCC2)C(=O)NC2C(=O)N3C(C(=O)O)=C(CSc4nnnn4CCC(=O)O)CS[C@H]23)cs1. The Morgan fingerprint density at radius 2 is 2.14 bits per heavy atom. The van der Waals surface area contributed by atoms with E-state index in [1.165, 1.54) is 16.4 Å². The second-order valence-electron chi connectivity index (χ2n) is 9.25. The maximum Gasteiger partial charge on any atom is 0.352 e. The van der Waals surface area contributed by atoms with Crippen LogP contribution in [0.4, 0.5) is 5.13 Å².